The molecule has 22 heavy (non-hydrogen) atoms. The maximum Gasteiger partial charge on any atom is 0.191 e. The molecule has 4 nitrogen and oxygen atoms in total. The molecule has 1 atom stereocenters. The van der Waals surface area contributed by atoms with Crippen LogP contribution in [0.2, 0.25) is 0 Å². The summed E-state index contributed by atoms with van der Waals surface area (Å²) in [5.74, 6) is 1.92. The van der Waals surface area contributed by atoms with Crippen molar-refractivity contribution in [3.05, 3.63) is 52.7 Å². The fourth-order valence-electron chi connectivity index (χ4n) is 4.03. The van der Waals surface area contributed by atoms with E-state index >= 15 is 0 Å². The van der Waals surface area contributed by atoms with Gasteiger partial charge in [0.05, 0.1) is 7.05 Å². The number of aromatic nitrogens is 1. The van der Waals surface area contributed by atoms with Crippen LogP contribution in [0.25, 0.3) is 0 Å². The first kappa shape index (κ1) is 14.0. The summed E-state index contributed by atoms with van der Waals surface area (Å²) in [5, 5.41) is 0. The number of oxazole rings is 1. The van der Waals surface area contributed by atoms with Crippen molar-refractivity contribution in [2.24, 2.45) is 0 Å². The summed E-state index contributed by atoms with van der Waals surface area (Å²) >= 11 is 0. The number of hydrogen-bond acceptors (Lipinski definition) is 2. The molecule has 2 aromatic rings. The van der Waals surface area contributed by atoms with Crippen molar-refractivity contribution in [3.8, 4) is 0 Å². The van der Waals surface area contributed by atoms with Crippen LogP contribution in [0.3, 0.4) is 0 Å². The molecule has 0 unspecified atom stereocenters. The first-order chi connectivity index (χ1) is 10.7. The molecule has 0 amide bonds. The van der Waals surface area contributed by atoms with E-state index < -0.39 is 0 Å². The zero-order chi connectivity index (χ0) is 15.1. The van der Waals surface area contributed by atoms with E-state index in [1.54, 1.807) is 9.80 Å². The molecule has 1 aliphatic carbocycles. The van der Waals surface area contributed by atoms with E-state index in [0.717, 1.165) is 24.5 Å². The maximum atomic E-state index is 5.93. The van der Waals surface area contributed by atoms with Gasteiger partial charge in [-0.05, 0) is 12.0 Å². The highest BCUT2D eigenvalue weighted by Gasteiger charge is 2.37. The van der Waals surface area contributed by atoms with Crippen LogP contribution in [0.15, 0.2) is 28.7 Å². The molecule has 116 valence electrons. The van der Waals surface area contributed by atoms with Crippen molar-refractivity contribution < 1.29 is 14.2 Å². The Morgan fingerprint density at radius 2 is 1.86 bits per heavy atom. The van der Waals surface area contributed by atoms with E-state index in [1.165, 1.54) is 43.0 Å². The summed E-state index contributed by atoms with van der Waals surface area (Å²) in [5.41, 5.74) is 4.12. The van der Waals surface area contributed by atoms with Gasteiger partial charge in [-0.25, -0.2) is 4.98 Å². The van der Waals surface area contributed by atoms with Crippen LogP contribution >= 0.6 is 0 Å². The monoisotopic (exact) mass is 299 g/mol. The van der Waals surface area contributed by atoms with Gasteiger partial charge in [0.1, 0.15) is 37.6 Å². The highest BCUT2D eigenvalue weighted by Crippen LogP contribution is 2.30. The fraction of sp³-hybridized carbons (Fsp3) is 0.500. The summed E-state index contributed by atoms with van der Waals surface area (Å²) in [6, 6.07) is 9.26. The Balaban J connectivity index is 1.80. The molecule has 2 N–H and O–H groups in total. The van der Waals surface area contributed by atoms with Gasteiger partial charge in [-0.3, -0.25) is 0 Å². The minimum absolute atomic E-state index is 0.347. The van der Waals surface area contributed by atoms with Gasteiger partial charge in [-0.1, -0.05) is 24.3 Å². The molecule has 2 aliphatic rings. The Kier molecular flexibility index (Phi) is 3.51. The van der Waals surface area contributed by atoms with Crippen LogP contribution in [0, 0.1) is 6.92 Å². The van der Waals surface area contributed by atoms with Crippen LogP contribution in [-0.2, 0) is 12.8 Å². The minimum atomic E-state index is 0.347. The number of fused-ring (bicyclic) bond motifs is 2. The summed E-state index contributed by atoms with van der Waals surface area (Å²) in [6.07, 6.45) is 2.04. The number of hydrogen-bond donors (Lipinski definition) is 2. The normalized spacial score (nSPS) is 27.8. The lowest BCUT2D eigenvalue weighted by atomic mass is 9.97. The molecule has 0 saturated carbocycles. The standard InChI is InChI=1S/C18H23N3O/c1-13-19-17-16(22-13)8-7-14-5-3-4-6-15(14)18(17)21-11-9-20(2)10-12-21/h3-6,18H,7-12H2,1-2H3/p+2/t18-/m0/s1. The van der Waals surface area contributed by atoms with E-state index in [0.29, 0.717) is 6.04 Å². The Hall–Kier alpha value is -1.65. The van der Waals surface area contributed by atoms with Crippen LogP contribution in [0.1, 0.15) is 34.5 Å². The number of quaternary nitrogens is 2. The van der Waals surface area contributed by atoms with E-state index in [-0.39, 0.29) is 0 Å². The van der Waals surface area contributed by atoms with Gasteiger partial charge >= 0.3 is 0 Å². The second-order valence-corrected chi connectivity index (χ2v) is 6.79. The van der Waals surface area contributed by atoms with E-state index in [1.807, 2.05) is 6.92 Å². The maximum absolute atomic E-state index is 5.93. The number of nitrogens with one attached hydrogen (secondary N) is 2. The Bertz CT molecular complexity index is 671. The molecule has 1 aromatic carbocycles. The molecular formula is C18H25N3O+2. The van der Waals surface area contributed by atoms with Crippen molar-refractivity contribution in [1.82, 2.24) is 4.98 Å². The number of likely N-dealkylation sites (N-methyl/N-ethyl adjacent to an activating group) is 1. The van der Waals surface area contributed by atoms with Gasteiger partial charge in [0.25, 0.3) is 0 Å². The lowest BCUT2D eigenvalue weighted by Gasteiger charge is -2.33. The molecule has 4 heteroatoms. The fourth-order valence-corrected chi connectivity index (χ4v) is 4.03. The Morgan fingerprint density at radius 3 is 2.68 bits per heavy atom. The summed E-state index contributed by atoms with van der Waals surface area (Å²) < 4.78 is 5.93. The van der Waals surface area contributed by atoms with Crippen molar-refractivity contribution in [2.45, 2.75) is 25.8 Å². The Labute approximate surface area is 131 Å². The van der Waals surface area contributed by atoms with Gasteiger partial charge in [0, 0.05) is 18.9 Å². The van der Waals surface area contributed by atoms with Crippen molar-refractivity contribution in [1.29, 1.82) is 0 Å². The summed E-state index contributed by atoms with van der Waals surface area (Å²) in [4.78, 5) is 8.08. The average Bonchev–Trinajstić information content (AvgIpc) is 2.82. The molecule has 1 fully saturated rings. The second-order valence-electron chi connectivity index (χ2n) is 6.79. The zero-order valence-electron chi connectivity index (χ0n) is 13.5. The van der Waals surface area contributed by atoms with Gasteiger partial charge in [-0.2, -0.15) is 0 Å². The third-order valence-corrected chi connectivity index (χ3v) is 5.25. The number of aryl methyl sites for hydroxylation is 3. The van der Waals surface area contributed by atoms with Crippen LogP contribution < -0.4 is 9.80 Å². The molecule has 0 radical (unpaired) electrons. The topological polar surface area (TPSA) is 34.9 Å². The number of piperazine rings is 1. The number of nitrogens with zero attached hydrogens (tertiary/aromatic N) is 1. The number of benzene rings is 1. The molecule has 1 aromatic heterocycles. The summed E-state index contributed by atoms with van der Waals surface area (Å²) in [7, 11) is 2.30. The van der Waals surface area contributed by atoms with Crippen LogP contribution in [0.4, 0.5) is 0 Å². The third kappa shape index (κ3) is 2.36. The minimum Gasteiger partial charge on any atom is -0.445 e. The molecule has 4 rings (SSSR count). The SMILES string of the molecule is Cc1nc2c(o1)CCc1ccccc1[C@@H]2[NH+]1CC[NH+](C)CC1. The second kappa shape index (κ2) is 5.52. The number of rotatable bonds is 1. The highest BCUT2D eigenvalue weighted by molar-refractivity contribution is 5.37. The van der Waals surface area contributed by atoms with Gasteiger partial charge < -0.3 is 14.2 Å². The first-order valence-corrected chi connectivity index (χ1v) is 8.42. The predicted molar refractivity (Wildman–Crippen MR) is 84.3 cm³/mol. The van der Waals surface area contributed by atoms with E-state index in [9.17, 15) is 0 Å². The smallest absolute Gasteiger partial charge is 0.191 e. The quantitative estimate of drug-likeness (QED) is 0.750. The predicted octanol–water partition coefficient (Wildman–Crippen LogP) is -0.416. The summed E-state index contributed by atoms with van der Waals surface area (Å²) in [6.45, 7) is 6.85. The molecule has 1 saturated heterocycles. The lowest BCUT2D eigenvalue weighted by Crippen LogP contribution is -3.27. The zero-order valence-corrected chi connectivity index (χ0v) is 13.5. The van der Waals surface area contributed by atoms with E-state index in [4.69, 9.17) is 9.40 Å². The molecule has 1 aliphatic heterocycles. The third-order valence-electron chi connectivity index (χ3n) is 5.25. The lowest BCUT2D eigenvalue weighted by molar-refractivity contribution is -1.02. The van der Waals surface area contributed by atoms with Crippen molar-refractivity contribution in [3.63, 3.8) is 0 Å². The van der Waals surface area contributed by atoms with Crippen molar-refractivity contribution in [2.75, 3.05) is 33.2 Å². The van der Waals surface area contributed by atoms with E-state index in [2.05, 4.69) is 31.3 Å². The van der Waals surface area contributed by atoms with Gasteiger partial charge in [-0.15, -0.1) is 0 Å². The van der Waals surface area contributed by atoms with Gasteiger partial charge in [0.2, 0.25) is 0 Å². The average molecular weight is 299 g/mol. The van der Waals surface area contributed by atoms with Gasteiger partial charge in [0.15, 0.2) is 11.9 Å². The Morgan fingerprint density at radius 1 is 1.09 bits per heavy atom. The van der Waals surface area contributed by atoms with Crippen LogP contribution in [0.5, 0.6) is 0 Å². The first-order valence-electron chi connectivity index (χ1n) is 8.42. The molecule has 0 spiro atoms. The van der Waals surface area contributed by atoms with Crippen molar-refractivity contribution >= 4 is 0 Å². The molecular weight excluding hydrogens is 274 g/mol. The largest absolute Gasteiger partial charge is 0.445 e. The highest BCUT2D eigenvalue weighted by atomic mass is 16.4. The van der Waals surface area contributed by atoms with Crippen LogP contribution in [-0.4, -0.2) is 38.2 Å². The molecule has 0 bridgehead atoms. The molecule has 2 heterocycles.